The number of amides is 4. The minimum atomic E-state index is -0.648. The Kier molecular flexibility index (Phi) is 15.3. The molecule has 1 unspecified atom stereocenters. The number of rotatable bonds is 12. The molecule has 7 rings (SSSR count). The number of imidazole rings is 2. The summed E-state index contributed by atoms with van der Waals surface area (Å²) in [6, 6.07) is 21.0. The second-order valence-electron chi connectivity index (χ2n) is 14.5. The lowest BCUT2D eigenvalue weighted by molar-refractivity contribution is -0.135. The zero-order valence-electron chi connectivity index (χ0n) is 34.4. The second-order valence-corrected chi connectivity index (χ2v) is 14.5. The minimum Gasteiger partial charge on any atom is -0.453 e. The number of nitrogens with zero attached hydrogens (tertiary/aromatic N) is 4. The maximum atomic E-state index is 13.2. The third-order valence-electron chi connectivity index (χ3n) is 10.4. The van der Waals surface area contributed by atoms with Crippen molar-refractivity contribution in [1.29, 1.82) is 0 Å². The van der Waals surface area contributed by atoms with Crippen LogP contribution in [-0.4, -0.2) is 93.6 Å². The van der Waals surface area contributed by atoms with E-state index < -0.39 is 12.2 Å². The Hall–Kier alpha value is -6.62. The molecule has 59 heavy (non-hydrogen) atoms. The summed E-state index contributed by atoms with van der Waals surface area (Å²) >= 11 is 0. The van der Waals surface area contributed by atoms with E-state index >= 15 is 0 Å². The topological polar surface area (TPSA) is 175 Å². The number of likely N-dealkylation sites (tertiary alicyclic amines) is 1. The van der Waals surface area contributed by atoms with Gasteiger partial charge in [0, 0.05) is 18.2 Å². The van der Waals surface area contributed by atoms with Crippen LogP contribution in [0.2, 0.25) is 0 Å². The number of alkyl carbamates (subject to hydrolysis) is 2. The van der Waals surface area contributed by atoms with Crippen molar-refractivity contribution in [3.05, 3.63) is 84.7 Å². The van der Waals surface area contributed by atoms with E-state index in [0.29, 0.717) is 24.8 Å². The largest absolute Gasteiger partial charge is 0.453 e. The standard InChI is InChI=1S/C40H44N8O6.C3H8.C2H2/c1-4-15-47(35(49)21-43-39(51)53-2)23-34-41-19-32(45-34)25-7-5-24(6-8-25)26-9-10-28-17-29(12-11-27(28)16-26)33-20-42-38(46-33)37-30-13-14-31(18-30)48(37)36(50)22-44-40(52)54-3;1-3-2;1-2/h5-12,16-17,19-20,30-31,37H,4,13-15,18,21-23H2,1-3H3,(H,41,45)(H,42,46)(H,43,51)(H,44,52);3H2,1-2H3;1-2H/t30-,31+,37?;;/m0../s1. The van der Waals surface area contributed by atoms with Crippen LogP contribution in [0.25, 0.3) is 44.4 Å². The lowest BCUT2D eigenvalue weighted by Gasteiger charge is -2.34. The van der Waals surface area contributed by atoms with Crippen LogP contribution in [0, 0.1) is 18.8 Å². The van der Waals surface area contributed by atoms with Crippen LogP contribution in [0.1, 0.15) is 70.6 Å². The lowest BCUT2D eigenvalue weighted by Crippen LogP contribution is -2.45. The van der Waals surface area contributed by atoms with Crippen LogP contribution in [0.5, 0.6) is 0 Å². The molecule has 2 aromatic heterocycles. The van der Waals surface area contributed by atoms with Gasteiger partial charge in [-0.15, -0.1) is 12.8 Å². The predicted molar refractivity (Wildman–Crippen MR) is 228 cm³/mol. The van der Waals surface area contributed by atoms with Gasteiger partial charge in [-0.3, -0.25) is 9.59 Å². The maximum Gasteiger partial charge on any atom is 0.407 e. The third kappa shape index (κ3) is 10.5. The van der Waals surface area contributed by atoms with Gasteiger partial charge < -0.3 is 39.9 Å². The molecule has 2 fully saturated rings. The number of aromatic nitrogens is 4. The highest BCUT2D eigenvalue weighted by atomic mass is 16.5. The zero-order valence-corrected chi connectivity index (χ0v) is 34.4. The van der Waals surface area contributed by atoms with E-state index in [2.05, 4.69) is 110 Å². The quantitative estimate of drug-likeness (QED) is 0.0941. The second kappa shape index (κ2) is 20.7. The van der Waals surface area contributed by atoms with Gasteiger partial charge in [0.25, 0.3) is 0 Å². The molecule has 1 aliphatic carbocycles. The molecule has 4 N–H and O–H groups in total. The first kappa shape index (κ1) is 43.5. The number of H-pyrrole nitrogens is 2. The number of carbonyl (C=O) groups is 4. The van der Waals surface area contributed by atoms with Gasteiger partial charge in [0.2, 0.25) is 11.8 Å². The summed E-state index contributed by atoms with van der Waals surface area (Å²) in [4.78, 5) is 68.5. The van der Waals surface area contributed by atoms with Gasteiger partial charge in [-0.25, -0.2) is 19.6 Å². The molecule has 1 saturated heterocycles. The predicted octanol–water partition coefficient (Wildman–Crippen LogP) is 7.46. The first-order valence-electron chi connectivity index (χ1n) is 20.0. The highest BCUT2D eigenvalue weighted by molar-refractivity contribution is 5.91. The van der Waals surface area contributed by atoms with E-state index in [-0.39, 0.29) is 37.0 Å². The maximum absolute atomic E-state index is 13.2. The molecule has 310 valence electrons. The molecular formula is C45H54N8O6. The van der Waals surface area contributed by atoms with Crippen molar-refractivity contribution in [2.45, 2.75) is 71.5 Å². The number of hydrogen-bond acceptors (Lipinski definition) is 8. The molecule has 3 atom stereocenters. The Morgan fingerprint density at radius 1 is 0.780 bits per heavy atom. The summed E-state index contributed by atoms with van der Waals surface area (Å²) in [6.07, 6.45) is 15.3. The average molecular weight is 803 g/mol. The van der Waals surface area contributed by atoms with E-state index in [1.54, 1.807) is 11.1 Å². The Morgan fingerprint density at radius 3 is 2.02 bits per heavy atom. The number of benzene rings is 3. The Balaban J connectivity index is 0.00000127. The molecule has 14 nitrogen and oxygen atoms in total. The smallest absolute Gasteiger partial charge is 0.407 e. The van der Waals surface area contributed by atoms with Crippen molar-refractivity contribution in [3.63, 3.8) is 0 Å². The summed E-state index contributed by atoms with van der Waals surface area (Å²) in [5.74, 6) is 1.41. The van der Waals surface area contributed by atoms with Crippen molar-refractivity contribution in [1.82, 2.24) is 40.4 Å². The van der Waals surface area contributed by atoms with Crippen molar-refractivity contribution in [2.24, 2.45) is 5.92 Å². The Morgan fingerprint density at radius 2 is 1.36 bits per heavy atom. The number of carbonyl (C=O) groups excluding carboxylic acids is 4. The van der Waals surface area contributed by atoms with Crippen molar-refractivity contribution in [3.8, 4) is 46.5 Å². The third-order valence-corrected chi connectivity index (χ3v) is 10.4. The Bertz CT molecular complexity index is 2230. The molecule has 14 heteroatoms. The van der Waals surface area contributed by atoms with Crippen molar-refractivity contribution < 1.29 is 28.7 Å². The van der Waals surface area contributed by atoms with E-state index in [0.717, 1.165) is 75.9 Å². The first-order chi connectivity index (χ1) is 28.7. The van der Waals surface area contributed by atoms with E-state index in [4.69, 9.17) is 4.98 Å². The molecule has 0 spiro atoms. The number of terminal acetylenes is 1. The van der Waals surface area contributed by atoms with Crippen LogP contribution in [0.4, 0.5) is 9.59 Å². The lowest BCUT2D eigenvalue weighted by atomic mass is 9.97. The van der Waals surface area contributed by atoms with Gasteiger partial charge >= 0.3 is 12.2 Å². The fraction of sp³-hybridized carbons (Fsp3) is 0.378. The summed E-state index contributed by atoms with van der Waals surface area (Å²) in [5, 5.41) is 7.16. The highest BCUT2D eigenvalue weighted by Crippen LogP contribution is 2.49. The van der Waals surface area contributed by atoms with Crippen LogP contribution >= 0.6 is 0 Å². The van der Waals surface area contributed by atoms with Gasteiger partial charge in [0.05, 0.1) is 50.6 Å². The molecule has 5 aromatic rings. The molecule has 2 bridgehead atoms. The van der Waals surface area contributed by atoms with Gasteiger partial charge in [0.15, 0.2) is 0 Å². The van der Waals surface area contributed by atoms with Crippen LogP contribution in [0.3, 0.4) is 0 Å². The normalized spacial score (nSPS) is 16.3. The highest BCUT2D eigenvalue weighted by Gasteiger charge is 2.49. The molecule has 2 aliphatic rings. The molecule has 0 radical (unpaired) electrons. The zero-order chi connectivity index (χ0) is 42.5. The molecule has 1 saturated carbocycles. The monoisotopic (exact) mass is 802 g/mol. The Labute approximate surface area is 345 Å². The van der Waals surface area contributed by atoms with Crippen LogP contribution < -0.4 is 10.6 Å². The van der Waals surface area contributed by atoms with Gasteiger partial charge in [-0.2, -0.15) is 0 Å². The summed E-state index contributed by atoms with van der Waals surface area (Å²) in [7, 11) is 2.54. The molecule has 3 heterocycles. The fourth-order valence-corrected chi connectivity index (χ4v) is 7.74. The van der Waals surface area contributed by atoms with E-state index in [1.165, 1.54) is 20.6 Å². The molecule has 4 amide bonds. The van der Waals surface area contributed by atoms with Crippen LogP contribution in [-0.2, 0) is 25.6 Å². The molecule has 3 aromatic carbocycles. The van der Waals surface area contributed by atoms with Crippen molar-refractivity contribution in [2.75, 3.05) is 33.9 Å². The summed E-state index contributed by atoms with van der Waals surface area (Å²) in [5.41, 5.74) is 5.87. The summed E-state index contributed by atoms with van der Waals surface area (Å²) < 4.78 is 9.20. The van der Waals surface area contributed by atoms with Crippen molar-refractivity contribution >= 4 is 34.8 Å². The number of aromatic amines is 2. The minimum absolute atomic E-state index is 0.106. The van der Waals surface area contributed by atoms with Gasteiger partial charge in [0.1, 0.15) is 24.7 Å². The first-order valence-corrected chi connectivity index (χ1v) is 20.0. The van der Waals surface area contributed by atoms with E-state index in [1.807, 2.05) is 30.2 Å². The number of ether oxygens (including phenoxy) is 2. The number of hydrogen-bond donors (Lipinski definition) is 4. The van der Waals surface area contributed by atoms with Gasteiger partial charge in [-0.1, -0.05) is 75.7 Å². The summed E-state index contributed by atoms with van der Waals surface area (Å²) in [6.45, 7) is 6.82. The SMILES string of the molecule is C#C.CCC.CCCN(Cc1ncc(-c2ccc(-c3ccc4cc(-c5cnc(C6[C@H]7CC[C@H](C7)N6C(=O)CNC(=O)OC)[nH]5)ccc4c3)cc2)[nH]1)C(=O)CNC(=O)OC. The fourth-order valence-electron chi connectivity index (χ4n) is 7.74. The number of nitrogens with one attached hydrogen (secondary N) is 4. The molecule has 1 aliphatic heterocycles. The van der Waals surface area contributed by atoms with Gasteiger partial charge in [-0.05, 0) is 71.2 Å². The number of fused-ring (bicyclic) bond motifs is 3. The average Bonchev–Trinajstić information content (AvgIpc) is 4.11. The van der Waals surface area contributed by atoms with E-state index in [9.17, 15) is 19.2 Å². The van der Waals surface area contributed by atoms with Crippen LogP contribution in [0.15, 0.2) is 73.1 Å². The molecular weight excluding hydrogens is 749 g/mol. The number of piperidine rings is 1. The number of methoxy groups -OCH3 is 2.